The number of hydrogen-bond acceptors (Lipinski definition) is 1. The SMILES string of the molecule is O=C1Nc2ccc(F)cc2/C1=C\c1ccccc1Cl. The second-order valence-electron chi connectivity index (χ2n) is 4.22. The van der Waals surface area contributed by atoms with E-state index in [0.717, 1.165) is 5.56 Å². The molecule has 0 unspecified atom stereocenters. The zero-order chi connectivity index (χ0) is 13.4. The number of hydrogen-bond donors (Lipinski definition) is 1. The molecule has 0 spiro atoms. The number of nitrogens with one attached hydrogen (secondary N) is 1. The molecule has 0 atom stereocenters. The average Bonchev–Trinajstić information content (AvgIpc) is 2.69. The fraction of sp³-hybridized carbons (Fsp3) is 0. The highest BCUT2D eigenvalue weighted by Gasteiger charge is 2.24. The average molecular weight is 274 g/mol. The van der Waals surface area contributed by atoms with Crippen LogP contribution in [0.2, 0.25) is 5.02 Å². The quantitative estimate of drug-likeness (QED) is 0.783. The predicted molar refractivity (Wildman–Crippen MR) is 74.4 cm³/mol. The van der Waals surface area contributed by atoms with Crippen molar-refractivity contribution in [3.8, 4) is 0 Å². The molecule has 0 saturated carbocycles. The first kappa shape index (κ1) is 11.9. The molecule has 0 fully saturated rings. The molecule has 4 heteroatoms. The lowest BCUT2D eigenvalue weighted by atomic mass is 10.0. The number of fused-ring (bicyclic) bond motifs is 1. The van der Waals surface area contributed by atoms with Gasteiger partial charge in [0.2, 0.25) is 0 Å². The summed E-state index contributed by atoms with van der Waals surface area (Å²) in [5.41, 5.74) is 2.32. The van der Waals surface area contributed by atoms with Crippen molar-refractivity contribution in [3.05, 3.63) is 64.4 Å². The van der Waals surface area contributed by atoms with Gasteiger partial charge in [0.25, 0.3) is 5.91 Å². The third kappa shape index (κ3) is 2.13. The molecule has 0 saturated heterocycles. The molecular weight excluding hydrogens is 265 g/mol. The summed E-state index contributed by atoms with van der Waals surface area (Å²) in [6.07, 6.45) is 1.67. The van der Waals surface area contributed by atoms with Gasteiger partial charge in [-0.1, -0.05) is 29.8 Å². The Labute approximate surface area is 114 Å². The Morgan fingerprint density at radius 1 is 1.16 bits per heavy atom. The van der Waals surface area contributed by atoms with E-state index >= 15 is 0 Å². The third-order valence-electron chi connectivity index (χ3n) is 2.97. The fourth-order valence-corrected chi connectivity index (χ4v) is 2.24. The monoisotopic (exact) mass is 273 g/mol. The molecule has 0 aliphatic carbocycles. The summed E-state index contributed by atoms with van der Waals surface area (Å²) >= 11 is 6.06. The standard InChI is InChI=1S/C15H9ClFNO/c16-13-4-2-1-3-9(13)7-12-11-8-10(17)5-6-14(11)18-15(12)19/h1-8H,(H,18,19)/b12-7+. The van der Waals surface area contributed by atoms with Gasteiger partial charge >= 0.3 is 0 Å². The maximum absolute atomic E-state index is 13.3. The molecule has 2 aromatic rings. The van der Waals surface area contributed by atoms with Crippen LogP contribution in [0.1, 0.15) is 11.1 Å². The van der Waals surface area contributed by atoms with Crippen molar-refractivity contribution in [2.24, 2.45) is 0 Å². The lowest BCUT2D eigenvalue weighted by molar-refractivity contribution is -0.110. The van der Waals surface area contributed by atoms with E-state index < -0.39 is 0 Å². The molecule has 0 bridgehead atoms. The lowest BCUT2D eigenvalue weighted by Crippen LogP contribution is -2.03. The molecule has 2 aromatic carbocycles. The van der Waals surface area contributed by atoms with E-state index in [9.17, 15) is 9.18 Å². The Hall–Kier alpha value is -2.13. The van der Waals surface area contributed by atoms with Crippen molar-refractivity contribution in [1.29, 1.82) is 0 Å². The zero-order valence-electron chi connectivity index (χ0n) is 9.78. The molecule has 0 radical (unpaired) electrons. The van der Waals surface area contributed by atoms with Gasteiger partial charge in [0.05, 0.1) is 0 Å². The zero-order valence-corrected chi connectivity index (χ0v) is 10.5. The number of rotatable bonds is 1. The molecule has 2 nitrogen and oxygen atoms in total. The van der Waals surface area contributed by atoms with Crippen LogP contribution < -0.4 is 5.32 Å². The van der Waals surface area contributed by atoms with Gasteiger partial charge in [0.15, 0.2) is 0 Å². The molecule has 1 aliphatic heterocycles. The van der Waals surface area contributed by atoms with Crippen LogP contribution in [-0.2, 0) is 4.79 Å². The van der Waals surface area contributed by atoms with Gasteiger partial charge in [-0.3, -0.25) is 4.79 Å². The second kappa shape index (κ2) is 4.52. The van der Waals surface area contributed by atoms with Gasteiger partial charge in [-0.05, 0) is 35.9 Å². The largest absolute Gasteiger partial charge is 0.321 e. The van der Waals surface area contributed by atoms with Crippen molar-refractivity contribution < 1.29 is 9.18 Å². The number of anilines is 1. The first-order valence-corrected chi connectivity index (χ1v) is 6.10. The smallest absolute Gasteiger partial charge is 0.256 e. The summed E-state index contributed by atoms with van der Waals surface area (Å²) in [5, 5.41) is 3.25. The maximum atomic E-state index is 13.3. The van der Waals surface area contributed by atoms with Crippen molar-refractivity contribution in [2.45, 2.75) is 0 Å². The summed E-state index contributed by atoms with van der Waals surface area (Å²) in [7, 11) is 0. The molecule has 0 aromatic heterocycles. The van der Waals surface area contributed by atoms with E-state index in [1.807, 2.05) is 12.1 Å². The molecular formula is C15H9ClFNO. The summed E-state index contributed by atoms with van der Waals surface area (Å²) in [6, 6.07) is 11.4. The first-order valence-electron chi connectivity index (χ1n) is 5.72. The van der Waals surface area contributed by atoms with Gasteiger partial charge in [-0.25, -0.2) is 4.39 Å². The van der Waals surface area contributed by atoms with E-state index in [-0.39, 0.29) is 11.7 Å². The molecule has 19 heavy (non-hydrogen) atoms. The topological polar surface area (TPSA) is 29.1 Å². The number of benzene rings is 2. The third-order valence-corrected chi connectivity index (χ3v) is 3.31. The second-order valence-corrected chi connectivity index (χ2v) is 4.63. The summed E-state index contributed by atoms with van der Waals surface area (Å²) in [5.74, 6) is -0.624. The van der Waals surface area contributed by atoms with Crippen molar-refractivity contribution >= 4 is 34.8 Å². The molecule has 1 amide bonds. The molecule has 3 rings (SSSR count). The van der Waals surface area contributed by atoms with Crippen LogP contribution in [0.25, 0.3) is 11.6 Å². The predicted octanol–water partition coefficient (Wildman–Crippen LogP) is 3.97. The van der Waals surface area contributed by atoms with E-state index in [2.05, 4.69) is 5.32 Å². The van der Waals surface area contributed by atoms with E-state index in [4.69, 9.17) is 11.6 Å². The van der Waals surface area contributed by atoms with Crippen LogP contribution >= 0.6 is 11.6 Å². The molecule has 94 valence electrons. The van der Waals surface area contributed by atoms with Crippen molar-refractivity contribution in [1.82, 2.24) is 0 Å². The van der Waals surface area contributed by atoms with Crippen LogP contribution in [-0.4, -0.2) is 5.91 Å². The highest BCUT2D eigenvalue weighted by molar-refractivity contribution is 6.37. The minimum absolute atomic E-state index is 0.250. The number of carbonyl (C=O) groups excluding carboxylic acids is 1. The minimum Gasteiger partial charge on any atom is -0.321 e. The summed E-state index contributed by atoms with van der Waals surface area (Å²) in [4.78, 5) is 11.9. The van der Waals surface area contributed by atoms with Gasteiger partial charge in [0.1, 0.15) is 5.82 Å². The van der Waals surface area contributed by atoms with Crippen molar-refractivity contribution in [2.75, 3.05) is 5.32 Å². The minimum atomic E-state index is -0.375. The Morgan fingerprint density at radius 2 is 1.95 bits per heavy atom. The van der Waals surface area contributed by atoms with Gasteiger partial charge in [0, 0.05) is 21.8 Å². The van der Waals surface area contributed by atoms with Crippen LogP contribution in [0.5, 0.6) is 0 Å². The van der Waals surface area contributed by atoms with Gasteiger partial charge in [-0.2, -0.15) is 0 Å². The Bertz CT molecular complexity index is 709. The lowest BCUT2D eigenvalue weighted by Gasteiger charge is -2.00. The van der Waals surface area contributed by atoms with E-state index in [1.54, 1.807) is 24.3 Å². The van der Waals surface area contributed by atoms with Crippen LogP contribution in [0, 0.1) is 5.82 Å². The Kier molecular flexibility index (Phi) is 2.84. The normalized spacial score (nSPS) is 15.5. The Morgan fingerprint density at radius 3 is 2.74 bits per heavy atom. The number of halogens is 2. The molecule has 1 aliphatic rings. The van der Waals surface area contributed by atoms with Crippen molar-refractivity contribution in [3.63, 3.8) is 0 Å². The molecule has 1 N–H and O–H groups in total. The number of amides is 1. The Balaban J connectivity index is 2.14. The van der Waals surface area contributed by atoms with Crippen LogP contribution in [0.15, 0.2) is 42.5 Å². The highest BCUT2D eigenvalue weighted by Crippen LogP contribution is 2.34. The summed E-state index contributed by atoms with van der Waals surface area (Å²) < 4.78 is 13.3. The summed E-state index contributed by atoms with van der Waals surface area (Å²) in [6.45, 7) is 0. The fourth-order valence-electron chi connectivity index (χ4n) is 2.05. The highest BCUT2D eigenvalue weighted by atomic mass is 35.5. The maximum Gasteiger partial charge on any atom is 0.256 e. The van der Waals surface area contributed by atoms with E-state index in [0.29, 0.717) is 21.8 Å². The van der Waals surface area contributed by atoms with Gasteiger partial charge < -0.3 is 5.32 Å². The van der Waals surface area contributed by atoms with Crippen LogP contribution in [0.4, 0.5) is 10.1 Å². The molecule has 1 heterocycles. The first-order chi connectivity index (χ1) is 9.15. The van der Waals surface area contributed by atoms with Gasteiger partial charge in [-0.15, -0.1) is 0 Å². The van der Waals surface area contributed by atoms with E-state index in [1.165, 1.54) is 12.1 Å². The number of carbonyl (C=O) groups is 1. The van der Waals surface area contributed by atoms with Crippen LogP contribution in [0.3, 0.4) is 0 Å².